The molecule has 0 fully saturated rings. The zero-order chi connectivity index (χ0) is 13.7. The number of hydrogen-bond donors (Lipinski definition) is 1. The van der Waals surface area contributed by atoms with E-state index in [0.29, 0.717) is 13.2 Å². The fraction of sp³-hybridized carbons (Fsp3) is 0.500. The molecule has 19 heavy (non-hydrogen) atoms. The largest absolute Gasteiger partial charge is 0.497 e. The third-order valence-corrected chi connectivity index (χ3v) is 3.05. The van der Waals surface area contributed by atoms with Crippen molar-refractivity contribution in [2.45, 2.75) is 19.4 Å². The Bertz CT molecular complexity index is 447. The van der Waals surface area contributed by atoms with Gasteiger partial charge in [0.1, 0.15) is 11.5 Å². The maximum Gasteiger partial charge on any atom is 0.319 e. The number of carbonyl (C=O) groups excluding carboxylic acids is 1. The first kappa shape index (κ1) is 13.7. The Morgan fingerprint density at radius 3 is 3.11 bits per heavy atom. The normalized spacial score (nSPS) is 17.3. The number of benzene rings is 1. The molecule has 5 nitrogen and oxygen atoms in total. The number of ether oxygens (including phenoxy) is 3. The van der Waals surface area contributed by atoms with Crippen molar-refractivity contribution in [2.24, 2.45) is 0 Å². The van der Waals surface area contributed by atoms with Crippen LogP contribution in [0.5, 0.6) is 11.5 Å². The molecule has 0 saturated carbocycles. The lowest BCUT2D eigenvalue weighted by Crippen LogP contribution is -2.32. The summed E-state index contributed by atoms with van der Waals surface area (Å²) < 4.78 is 15.7. The summed E-state index contributed by atoms with van der Waals surface area (Å²) in [5.74, 6) is 1.39. The van der Waals surface area contributed by atoms with Gasteiger partial charge >= 0.3 is 5.97 Å². The van der Waals surface area contributed by atoms with Crippen LogP contribution in [0.2, 0.25) is 0 Å². The molecule has 0 saturated heterocycles. The van der Waals surface area contributed by atoms with E-state index in [-0.39, 0.29) is 18.6 Å². The summed E-state index contributed by atoms with van der Waals surface area (Å²) in [7, 11) is 1.63. The van der Waals surface area contributed by atoms with Gasteiger partial charge in [0.15, 0.2) is 0 Å². The van der Waals surface area contributed by atoms with Crippen molar-refractivity contribution in [1.82, 2.24) is 5.32 Å². The molecule has 1 heterocycles. The Kier molecular flexibility index (Phi) is 4.63. The van der Waals surface area contributed by atoms with Gasteiger partial charge in [-0.2, -0.15) is 0 Å². The van der Waals surface area contributed by atoms with Gasteiger partial charge in [0.2, 0.25) is 0 Å². The lowest BCUT2D eigenvalue weighted by atomic mass is 10.0. The van der Waals surface area contributed by atoms with Gasteiger partial charge < -0.3 is 14.2 Å². The predicted molar refractivity (Wildman–Crippen MR) is 70.5 cm³/mol. The van der Waals surface area contributed by atoms with Crippen LogP contribution in [0.15, 0.2) is 18.2 Å². The van der Waals surface area contributed by atoms with E-state index in [1.54, 1.807) is 14.0 Å². The smallest absolute Gasteiger partial charge is 0.319 e. The summed E-state index contributed by atoms with van der Waals surface area (Å²) in [5, 5.41) is 3.20. The topological polar surface area (TPSA) is 56.8 Å². The molecule has 1 atom stereocenters. The van der Waals surface area contributed by atoms with Gasteiger partial charge in [-0.1, -0.05) is 0 Å². The van der Waals surface area contributed by atoms with Gasteiger partial charge in [-0.25, -0.2) is 0 Å². The van der Waals surface area contributed by atoms with Crippen LogP contribution in [0.1, 0.15) is 24.9 Å². The monoisotopic (exact) mass is 265 g/mol. The zero-order valence-corrected chi connectivity index (χ0v) is 11.3. The molecule has 1 unspecified atom stereocenters. The molecular weight excluding hydrogens is 246 g/mol. The summed E-state index contributed by atoms with van der Waals surface area (Å²) in [6.07, 6.45) is 0.819. The number of rotatable bonds is 5. The lowest BCUT2D eigenvalue weighted by Gasteiger charge is -2.26. The molecule has 1 aliphatic heterocycles. The minimum atomic E-state index is -0.238. The molecule has 0 spiro atoms. The molecular formula is C14H19NO4. The third-order valence-electron chi connectivity index (χ3n) is 3.05. The van der Waals surface area contributed by atoms with Crippen molar-refractivity contribution >= 4 is 5.97 Å². The average Bonchev–Trinajstić information content (AvgIpc) is 2.44. The molecule has 0 aromatic heterocycles. The van der Waals surface area contributed by atoms with Gasteiger partial charge in [-0.05, 0) is 25.1 Å². The Hall–Kier alpha value is -1.75. The fourth-order valence-electron chi connectivity index (χ4n) is 2.13. The van der Waals surface area contributed by atoms with E-state index in [1.807, 2.05) is 18.2 Å². The Morgan fingerprint density at radius 2 is 2.37 bits per heavy atom. The van der Waals surface area contributed by atoms with E-state index >= 15 is 0 Å². The minimum absolute atomic E-state index is 0.0863. The Labute approximate surface area is 112 Å². The fourth-order valence-corrected chi connectivity index (χ4v) is 2.13. The summed E-state index contributed by atoms with van der Waals surface area (Å²) in [4.78, 5) is 11.4. The van der Waals surface area contributed by atoms with Gasteiger partial charge in [-0.3, -0.25) is 10.1 Å². The van der Waals surface area contributed by atoms with Crippen molar-refractivity contribution < 1.29 is 19.0 Å². The molecule has 1 aromatic rings. The van der Waals surface area contributed by atoms with Gasteiger partial charge in [-0.15, -0.1) is 0 Å². The first-order valence-electron chi connectivity index (χ1n) is 6.44. The highest BCUT2D eigenvalue weighted by molar-refractivity contribution is 5.71. The SMILES string of the molecule is CCOC(=O)CNC1CCOc2ccc(OC)cc21. The standard InChI is InChI=1S/C14H19NO4/c1-3-18-14(16)9-15-12-6-7-19-13-5-4-10(17-2)8-11(12)13/h4-5,8,12,15H,3,6-7,9H2,1-2H3. The second kappa shape index (κ2) is 6.43. The van der Waals surface area contributed by atoms with Crippen LogP contribution in [0, 0.1) is 0 Å². The van der Waals surface area contributed by atoms with E-state index in [1.165, 1.54) is 0 Å². The minimum Gasteiger partial charge on any atom is -0.497 e. The van der Waals surface area contributed by atoms with E-state index in [9.17, 15) is 4.79 Å². The Balaban J connectivity index is 2.06. The number of hydrogen-bond acceptors (Lipinski definition) is 5. The van der Waals surface area contributed by atoms with Crippen molar-refractivity contribution in [2.75, 3.05) is 26.9 Å². The highest BCUT2D eigenvalue weighted by atomic mass is 16.5. The summed E-state index contributed by atoms with van der Waals surface area (Å²) in [5.41, 5.74) is 1.02. The molecule has 1 aromatic carbocycles. The predicted octanol–water partition coefficient (Wildman–Crippen LogP) is 1.67. The van der Waals surface area contributed by atoms with E-state index in [4.69, 9.17) is 14.2 Å². The zero-order valence-electron chi connectivity index (χ0n) is 11.3. The van der Waals surface area contributed by atoms with Crippen LogP contribution in [0.4, 0.5) is 0 Å². The Morgan fingerprint density at radius 1 is 1.53 bits per heavy atom. The first-order chi connectivity index (χ1) is 9.24. The van der Waals surface area contributed by atoms with Crippen LogP contribution < -0.4 is 14.8 Å². The molecule has 0 aliphatic carbocycles. The molecule has 5 heteroatoms. The first-order valence-corrected chi connectivity index (χ1v) is 6.44. The molecule has 1 N–H and O–H groups in total. The van der Waals surface area contributed by atoms with Crippen LogP contribution in [0.3, 0.4) is 0 Å². The van der Waals surface area contributed by atoms with Gasteiger partial charge in [0, 0.05) is 18.0 Å². The van der Waals surface area contributed by atoms with E-state index in [2.05, 4.69) is 5.32 Å². The number of methoxy groups -OCH3 is 1. The second-order valence-electron chi connectivity index (χ2n) is 4.28. The maximum absolute atomic E-state index is 11.4. The highest BCUT2D eigenvalue weighted by Gasteiger charge is 2.22. The van der Waals surface area contributed by atoms with Crippen LogP contribution in [-0.2, 0) is 9.53 Å². The average molecular weight is 265 g/mol. The number of esters is 1. The van der Waals surface area contributed by atoms with Gasteiger partial charge in [0.05, 0.1) is 26.9 Å². The van der Waals surface area contributed by atoms with Crippen LogP contribution >= 0.6 is 0 Å². The summed E-state index contributed by atoms with van der Waals surface area (Å²) in [6, 6.07) is 5.79. The van der Waals surface area contributed by atoms with Crippen molar-refractivity contribution in [3.63, 3.8) is 0 Å². The third kappa shape index (κ3) is 3.38. The maximum atomic E-state index is 11.4. The molecule has 104 valence electrons. The number of carbonyl (C=O) groups is 1. The van der Waals surface area contributed by atoms with Crippen LogP contribution in [-0.4, -0.2) is 32.8 Å². The number of fused-ring (bicyclic) bond motifs is 1. The van der Waals surface area contributed by atoms with Crippen molar-refractivity contribution in [3.8, 4) is 11.5 Å². The summed E-state index contributed by atoms with van der Waals surface area (Å²) in [6.45, 7) is 3.04. The van der Waals surface area contributed by atoms with Gasteiger partial charge in [0.25, 0.3) is 0 Å². The molecule has 0 amide bonds. The molecule has 1 aliphatic rings. The second-order valence-corrected chi connectivity index (χ2v) is 4.28. The van der Waals surface area contributed by atoms with E-state index < -0.39 is 0 Å². The lowest BCUT2D eigenvalue weighted by molar-refractivity contribution is -0.142. The molecule has 0 bridgehead atoms. The molecule has 2 rings (SSSR count). The van der Waals surface area contributed by atoms with Crippen molar-refractivity contribution in [3.05, 3.63) is 23.8 Å². The highest BCUT2D eigenvalue weighted by Crippen LogP contribution is 2.34. The molecule has 0 radical (unpaired) electrons. The van der Waals surface area contributed by atoms with Crippen molar-refractivity contribution in [1.29, 1.82) is 0 Å². The quantitative estimate of drug-likeness (QED) is 0.821. The van der Waals surface area contributed by atoms with Crippen LogP contribution in [0.25, 0.3) is 0 Å². The van der Waals surface area contributed by atoms with E-state index in [0.717, 1.165) is 23.5 Å². The number of nitrogens with one attached hydrogen (secondary N) is 1. The summed E-state index contributed by atoms with van der Waals surface area (Å²) >= 11 is 0.